The van der Waals surface area contributed by atoms with Gasteiger partial charge in [-0.1, -0.05) is 57.9 Å². The van der Waals surface area contributed by atoms with Crippen molar-refractivity contribution in [1.29, 1.82) is 0 Å². The molecule has 0 aromatic rings. The van der Waals surface area contributed by atoms with Gasteiger partial charge in [0.05, 0.1) is 12.2 Å². The maximum atomic E-state index is 12.2. The lowest BCUT2D eigenvalue weighted by atomic mass is 9.80. The van der Waals surface area contributed by atoms with Crippen molar-refractivity contribution in [1.82, 2.24) is 0 Å². The van der Waals surface area contributed by atoms with Gasteiger partial charge in [-0.2, -0.15) is 0 Å². The van der Waals surface area contributed by atoms with E-state index in [4.69, 9.17) is 5.11 Å². The monoisotopic (exact) mass is 380 g/mol. The van der Waals surface area contributed by atoms with Crippen molar-refractivity contribution >= 4 is 11.8 Å². The number of hydrogen-bond donors (Lipinski definition) is 3. The molecule has 1 saturated carbocycles. The zero-order valence-corrected chi connectivity index (χ0v) is 16.9. The van der Waals surface area contributed by atoms with Gasteiger partial charge in [0, 0.05) is 24.7 Å². The number of rotatable bonds is 12. The van der Waals surface area contributed by atoms with E-state index >= 15 is 0 Å². The first kappa shape index (κ1) is 23.6. The highest BCUT2D eigenvalue weighted by atomic mass is 16.4. The Morgan fingerprint density at radius 1 is 1.30 bits per heavy atom. The van der Waals surface area contributed by atoms with Crippen LogP contribution in [0.1, 0.15) is 72.1 Å². The third-order valence-electron chi connectivity index (χ3n) is 5.54. The van der Waals surface area contributed by atoms with E-state index in [1.165, 1.54) is 0 Å². The molecule has 5 heteroatoms. The van der Waals surface area contributed by atoms with E-state index in [1.807, 2.05) is 32.1 Å². The van der Waals surface area contributed by atoms with Gasteiger partial charge in [-0.3, -0.25) is 9.59 Å². The largest absolute Gasteiger partial charge is 0.481 e. The van der Waals surface area contributed by atoms with Crippen molar-refractivity contribution in [2.45, 2.75) is 84.3 Å². The molecular formula is C22H36O5. The molecule has 27 heavy (non-hydrogen) atoms. The summed E-state index contributed by atoms with van der Waals surface area (Å²) in [6, 6.07) is 0. The van der Waals surface area contributed by atoms with Crippen molar-refractivity contribution < 1.29 is 24.9 Å². The molecule has 1 aliphatic carbocycles. The SMILES string of the molecule is CCCCC(C)(C)[C@@H](O)C=C[C@@H]1[C@H](O)CC(=O)[C@@H]1CC=CCCCC(=O)O. The number of carboxylic acids is 1. The lowest BCUT2D eigenvalue weighted by Gasteiger charge is -2.29. The zero-order chi connectivity index (χ0) is 20.4. The summed E-state index contributed by atoms with van der Waals surface area (Å²) < 4.78 is 0. The topological polar surface area (TPSA) is 94.8 Å². The van der Waals surface area contributed by atoms with Gasteiger partial charge in [0.2, 0.25) is 0 Å². The van der Waals surface area contributed by atoms with E-state index in [9.17, 15) is 19.8 Å². The summed E-state index contributed by atoms with van der Waals surface area (Å²) in [5.74, 6) is -1.31. The Labute approximate surface area is 163 Å². The summed E-state index contributed by atoms with van der Waals surface area (Å²) >= 11 is 0. The second kappa shape index (κ2) is 11.4. The Morgan fingerprint density at radius 2 is 2.00 bits per heavy atom. The Hall–Kier alpha value is -1.46. The van der Waals surface area contributed by atoms with Gasteiger partial charge in [0.1, 0.15) is 5.78 Å². The lowest BCUT2D eigenvalue weighted by Crippen LogP contribution is -2.28. The standard InChI is InChI=1S/C22H36O5/c1-4-5-14-22(2,3)20(25)13-12-17-16(18(23)15-19(17)24)10-8-6-7-9-11-21(26)27/h6,8,12-13,16-17,19-20,24-25H,4-5,7,9-11,14-15H2,1-3H3,(H,26,27)/t16-,17+,19-,20+/m1/s1. The molecule has 0 spiro atoms. The van der Waals surface area contributed by atoms with Crippen LogP contribution < -0.4 is 0 Å². The third-order valence-corrected chi connectivity index (χ3v) is 5.54. The van der Waals surface area contributed by atoms with Gasteiger partial charge in [0.15, 0.2) is 0 Å². The predicted molar refractivity (Wildman–Crippen MR) is 106 cm³/mol. The number of carbonyl (C=O) groups is 2. The Kier molecular flexibility index (Phi) is 9.95. The van der Waals surface area contributed by atoms with E-state index in [1.54, 1.807) is 6.08 Å². The molecule has 0 amide bonds. The zero-order valence-electron chi connectivity index (χ0n) is 16.9. The second-order valence-electron chi connectivity index (χ2n) is 8.34. The fraction of sp³-hybridized carbons (Fsp3) is 0.727. The molecule has 1 aliphatic rings. The second-order valence-corrected chi connectivity index (χ2v) is 8.34. The van der Waals surface area contributed by atoms with Gasteiger partial charge in [-0.15, -0.1) is 0 Å². The number of carbonyl (C=O) groups excluding carboxylic acids is 1. The number of unbranched alkanes of at least 4 members (excludes halogenated alkanes) is 2. The average Bonchev–Trinajstić information content (AvgIpc) is 2.86. The molecule has 0 unspecified atom stereocenters. The van der Waals surface area contributed by atoms with Crippen LogP contribution in [-0.2, 0) is 9.59 Å². The quantitative estimate of drug-likeness (QED) is 0.353. The highest BCUT2D eigenvalue weighted by Gasteiger charge is 2.39. The van der Waals surface area contributed by atoms with Crippen LogP contribution in [0.25, 0.3) is 0 Å². The van der Waals surface area contributed by atoms with Gasteiger partial charge < -0.3 is 15.3 Å². The third kappa shape index (κ3) is 7.97. The molecule has 1 fully saturated rings. The molecule has 0 aliphatic heterocycles. The molecule has 5 nitrogen and oxygen atoms in total. The van der Waals surface area contributed by atoms with Crippen LogP contribution in [0.15, 0.2) is 24.3 Å². The highest BCUT2D eigenvalue weighted by Crippen LogP contribution is 2.35. The van der Waals surface area contributed by atoms with Crippen LogP contribution in [0.3, 0.4) is 0 Å². The summed E-state index contributed by atoms with van der Waals surface area (Å²) in [6.45, 7) is 6.19. The maximum absolute atomic E-state index is 12.2. The number of allylic oxidation sites excluding steroid dienone is 2. The number of carboxylic acid groups (broad SMARTS) is 1. The predicted octanol–water partition coefficient (Wildman–Crippen LogP) is 3.89. The Morgan fingerprint density at radius 3 is 2.63 bits per heavy atom. The fourth-order valence-corrected chi connectivity index (χ4v) is 3.53. The molecule has 0 bridgehead atoms. The molecule has 0 heterocycles. The molecule has 0 aromatic carbocycles. The van der Waals surface area contributed by atoms with E-state index in [0.717, 1.165) is 19.3 Å². The van der Waals surface area contributed by atoms with Crippen molar-refractivity contribution in [3.63, 3.8) is 0 Å². The van der Waals surface area contributed by atoms with E-state index in [0.29, 0.717) is 19.3 Å². The van der Waals surface area contributed by atoms with Crippen LogP contribution in [-0.4, -0.2) is 39.3 Å². The van der Waals surface area contributed by atoms with E-state index in [2.05, 4.69) is 6.92 Å². The molecule has 4 atom stereocenters. The summed E-state index contributed by atoms with van der Waals surface area (Å²) in [5, 5.41) is 29.4. The lowest BCUT2D eigenvalue weighted by molar-refractivity contribution is -0.137. The van der Waals surface area contributed by atoms with Crippen LogP contribution in [0.5, 0.6) is 0 Å². The van der Waals surface area contributed by atoms with Gasteiger partial charge in [0.25, 0.3) is 0 Å². The summed E-state index contributed by atoms with van der Waals surface area (Å²) in [7, 11) is 0. The number of aliphatic carboxylic acids is 1. The van der Waals surface area contributed by atoms with Crippen LogP contribution in [0.2, 0.25) is 0 Å². The molecule has 1 rings (SSSR count). The molecule has 3 N–H and O–H groups in total. The van der Waals surface area contributed by atoms with Gasteiger partial charge >= 0.3 is 5.97 Å². The molecule has 0 saturated heterocycles. The maximum Gasteiger partial charge on any atom is 0.303 e. The summed E-state index contributed by atoms with van der Waals surface area (Å²) in [6.07, 6.45) is 11.2. The number of aliphatic hydroxyl groups is 2. The Bertz CT molecular complexity index is 535. The minimum atomic E-state index is -0.803. The number of hydrogen-bond acceptors (Lipinski definition) is 4. The van der Waals surface area contributed by atoms with E-state index < -0.39 is 18.2 Å². The minimum Gasteiger partial charge on any atom is -0.481 e. The first-order chi connectivity index (χ1) is 12.7. The van der Waals surface area contributed by atoms with Gasteiger partial charge in [-0.25, -0.2) is 0 Å². The highest BCUT2D eigenvalue weighted by molar-refractivity contribution is 5.84. The number of Topliss-reactive ketones (excluding diaryl/α,β-unsaturated/α-hetero) is 1. The summed E-state index contributed by atoms with van der Waals surface area (Å²) in [4.78, 5) is 22.7. The van der Waals surface area contributed by atoms with Crippen LogP contribution in [0.4, 0.5) is 0 Å². The van der Waals surface area contributed by atoms with Gasteiger partial charge in [-0.05, 0) is 31.1 Å². The molecular weight excluding hydrogens is 344 g/mol. The average molecular weight is 381 g/mol. The smallest absolute Gasteiger partial charge is 0.303 e. The van der Waals surface area contributed by atoms with Crippen LogP contribution in [0, 0.1) is 17.3 Å². The molecule has 0 aromatic heterocycles. The van der Waals surface area contributed by atoms with E-state index in [-0.39, 0.29) is 35.9 Å². The Balaban J connectivity index is 2.63. The summed E-state index contributed by atoms with van der Waals surface area (Å²) in [5.41, 5.74) is -0.236. The first-order valence-electron chi connectivity index (χ1n) is 10.1. The number of aliphatic hydroxyl groups excluding tert-OH is 2. The van der Waals surface area contributed by atoms with Crippen molar-refractivity contribution in [3.05, 3.63) is 24.3 Å². The molecule has 154 valence electrons. The van der Waals surface area contributed by atoms with Crippen molar-refractivity contribution in [2.75, 3.05) is 0 Å². The molecule has 0 radical (unpaired) electrons. The number of ketones is 1. The first-order valence-corrected chi connectivity index (χ1v) is 10.1. The minimum absolute atomic E-state index is 0.0482. The van der Waals surface area contributed by atoms with Crippen molar-refractivity contribution in [2.24, 2.45) is 17.3 Å². The fourth-order valence-electron chi connectivity index (χ4n) is 3.53. The normalized spacial score (nSPS) is 24.9. The van der Waals surface area contributed by atoms with Crippen LogP contribution >= 0.6 is 0 Å². The van der Waals surface area contributed by atoms with Crippen molar-refractivity contribution in [3.8, 4) is 0 Å².